The minimum atomic E-state index is -3.17. The summed E-state index contributed by atoms with van der Waals surface area (Å²) in [5, 5.41) is 6.18. The van der Waals surface area contributed by atoms with Crippen LogP contribution in [0.25, 0.3) is 0 Å². The molecule has 1 unspecified atom stereocenters. The maximum absolute atomic E-state index is 11.0. The topological polar surface area (TPSA) is 91.8 Å². The van der Waals surface area contributed by atoms with Crippen LogP contribution in [-0.4, -0.2) is 52.9 Å². The van der Waals surface area contributed by atoms with Gasteiger partial charge in [0, 0.05) is 19.6 Å². The Bertz CT molecular complexity index is 643. The van der Waals surface area contributed by atoms with E-state index in [1.54, 1.807) is 0 Å². The number of halogens is 2. The summed E-state index contributed by atoms with van der Waals surface area (Å²) in [5.74, 6) is 1.39. The van der Waals surface area contributed by atoms with Gasteiger partial charge in [-0.3, -0.25) is 0 Å². The van der Waals surface area contributed by atoms with Gasteiger partial charge in [0.1, 0.15) is 11.9 Å². The second-order valence-electron chi connectivity index (χ2n) is 5.17. The highest BCUT2D eigenvalue weighted by atomic mass is 127. The average Bonchev–Trinajstić information content (AvgIpc) is 2.50. The number of sulfonamides is 1. The van der Waals surface area contributed by atoms with Crippen molar-refractivity contribution in [1.82, 2.24) is 15.4 Å². The molecule has 7 nitrogen and oxygen atoms in total. The highest BCUT2D eigenvalue weighted by molar-refractivity contribution is 14.0. The van der Waals surface area contributed by atoms with Crippen LogP contribution in [0.15, 0.2) is 33.7 Å². The monoisotopic (exact) mass is 548 g/mol. The van der Waals surface area contributed by atoms with Gasteiger partial charge in [-0.1, -0.05) is 12.1 Å². The molecule has 0 saturated heterocycles. The summed E-state index contributed by atoms with van der Waals surface area (Å²) in [7, 11) is -3.17. The van der Waals surface area contributed by atoms with Crippen LogP contribution in [0.3, 0.4) is 0 Å². The number of benzene rings is 1. The minimum Gasteiger partial charge on any atom is -0.488 e. The van der Waals surface area contributed by atoms with Gasteiger partial charge in [-0.25, -0.2) is 18.1 Å². The molecule has 1 rings (SSSR count). The smallest absolute Gasteiger partial charge is 0.208 e. The Morgan fingerprint density at radius 1 is 1.28 bits per heavy atom. The van der Waals surface area contributed by atoms with Crippen LogP contribution in [0.4, 0.5) is 0 Å². The summed E-state index contributed by atoms with van der Waals surface area (Å²) in [6, 6.07) is 7.66. The Morgan fingerprint density at radius 3 is 2.56 bits per heavy atom. The van der Waals surface area contributed by atoms with Crippen LogP contribution in [0, 0.1) is 0 Å². The molecule has 0 amide bonds. The summed E-state index contributed by atoms with van der Waals surface area (Å²) in [6.07, 6.45) is 1.03. The van der Waals surface area contributed by atoms with E-state index >= 15 is 0 Å². The quantitative estimate of drug-likeness (QED) is 0.190. The molecule has 0 aliphatic heterocycles. The molecule has 0 saturated carbocycles. The summed E-state index contributed by atoms with van der Waals surface area (Å²) in [6.45, 7) is 5.83. The number of nitrogens with one attached hydrogen (secondary N) is 3. The Balaban J connectivity index is 0.00000576. The van der Waals surface area contributed by atoms with Crippen molar-refractivity contribution < 1.29 is 13.2 Å². The normalized spacial score (nSPS) is 12.9. The average molecular weight is 549 g/mol. The number of rotatable bonds is 9. The third kappa shape index (κ3) is 11.6. The van der Waals surface area contributed by atoms with Crippen LogP contribution >= 0.6 is 39.9 Å². The predicted octanol–water partition coefficient (Wildman–Crippen LogP) is 1.94. The molecule has 1 aromatic carbocycles. The van der Waals surface area contributed by atoms with Crippen molar-refractivity contribution in [2.75, 3.05) is 32.4 Å². The maximum Gasteiger partial charge on any atom is 0.208 e. The van der Waals surface area contributed by atoms with Crippen molar-refractivity contribution >= 4 is 55.9 Å². The first-order valence-corrected chi connectivity index (χ1v) is 10.4. The lowest BCUT2D eigenvalue weighted by Crippen LogP contribution is -2.41. The largest absolute Gasteiger partial charge is 0.488 e. The SMILES string of the molecule is CCNC(=NCC(C)Oc1ccccc1Br)NCCNS(C)(=O)=O.I. The fourth-order valence-electron chi connectivity index (χ4n) is 1.77. The molecule has 0 bridgehead atoms. The van der Waals surface area contributed by atoms with E-state index in [4.69, 9.17) is 4.74 Å². The standard InChI is InChI=1S/C15H25BrN4O3S.HI/c1-4-17-15(18-9-10-20-24(3,21)22)19-11-12(2)23-14-8-6-5-7-13(14)16;/h5-8,12,20H,4,9-11H2,1-3H3,(H2,17,18,19);1H. The van der Waals surface area contributed by atoms with E-state index in [9.17, 15) is 8.42 Å². The predicted molar refractivity (Wildman–Crippen MR) is 116 cm³/mol. The fraction of sp³-hybridized carbons (Fsp3) is 0.533. The zero-order valence-corrected chi connectivity index (χ0v) is 19.3. The zero-order valence-electron chi connectivity index (χ0n) is 14.6. The van der Waals surface area contributed by atoms with E-state index < -0.39 is 10.0 Å². The van der Waals surface area contributed by atoms with Gasteiger partial charge in [0.25, 0.3) is 0 Å². The highest BCUT2D eigenvalue weighted by Gasteiger charge is 2.07. The van der Waals surface area contributed by atoms with Gasteiger partial charge in [-0.15, -0.1) is 24.0 Å². The maximum atomic E-state index is 11.0. The van der Waals surface area contributed by atoms with E-state index in [1.165, 1.54) is 0 Å². The Kier molecular flexibility index (Phi) is 12.4. The van der Waals surface area contributed by atoms with Crippen molar-refractivity contribution in [3.8, 4) is 5.75 Å². The molecule has 0 aromatic heterocycles. The molecule has 0 spiro atoms. The third-order valence-electron chi connectivity index (χ3n) is 2.80. The Hall–Kier alpha value is -0.590. The van der Waals surface area contributed by atoms with E-state index in [-0.39, 0.29) is 30.1 Å². The van der Waals surface area contributed by atoms with Gasteiger partial charge in [0.15, 0.2) is 5.96 Å². The molecule has 1 atom stereocenters. The number of ether oxygens (including phenoxy) is 1. The zero-order chi connectivity index (χ0) is 18.0. The van der Waals surface area contributed by atoms with Crippen LogP contribution in [0.1, 0.15) is 13.8 Å². The second-order valence-corrected chi connectivity index (χ2v) is 7.86. The Labute approximate surface area is 175 Å². The molecular formula is C15H26BrIN4O3S. The molecule has 3 N–H and O–H groups in total. The second kappa shape index (κ2) is 12.7. The van der Waals surface area contributed by atoms with Gasteiger partial charge in [-0.2, -0.15) is 0 Å². The first kappa shape index (κ1) is 24.4. The number of nitrogens with zero attached hydrogens (tertiary/aromatic N) is 1. The number of guanidine groups is 1. The third-order valence-corrected chi connectivity index (χ3v) is 4.18. The van der Waals surface area contributed by atoms with Crippen molar-refractivity contribution in [2.24, 2.45) is 4.99 Å². The van der Waals surface area contributed by atoms with Gasteiger partial charge in [0.05, 0.1) is 17.3 Å². The molecular weight excluding hydrogens is 523 g/mol. The first-order valence-electron chi connectivity index (χ1n) is 7.70. The van der Waals surface area contributed by atoms with Gasteiger partial charge in [0.2, 0.25) is 10.0 Å². The minimum absolute atomic E-state index is 0. The van der Waals surface area contributed by atoms with Crippen LogP contribution < -0.4 is 20.1 Å². The van der Waals surface area contributed by atoms with Gasteiger partial charge < -0.3 is 15.4 Å². The summed E-state index contributed by atoms with van der Waals surface area (Å²) < 4.78 is 31.2. The van der Waals surface area contributed by atoms with Crippen molar-refractivity contribution in [2.45, 2.75) is 20.0 Å². The highest BCUT2D eigenvalue weighted by Crippen LogP contribution is 2.24. The molecule has 1 aromatic rings. The number of para-hydroxylation sites is 1. The lowest BCUT2D eigenvalue weighted by atomic mass is 10.3. The Morgan fingerprint density at radius 2 is 1.96 bits per heavy atom. The lowest BCUT2D eigenvalue weighted by Gasteiger charge is -2.16. The molecule has 0 aliphatic carbocycles. The van der Waals surface area contributed by atoms with E-state index in [0.717, 1.165) is 16.5 Å². The summed E-state index contributed by atoms with van der Waals surface area (Å²) in [5.41, 5.74) is 0. The first-order chi connectivity index (χ1) is 11.3. The van der Waals surface area contributed by atoms with Gasteiger partial charge in [-0.05, 0) is 41.9 Å². The molecule has 0 radical (unpaired) electrons. The molecule has 25 heavy (non-hydrogen) atoms. The summed E-state index contributed by atoms with van der Waals surface area (Å²) in [4.78, 5) is 4.45. The fourth-order valence-corrected chi connectivity index (χ4v) is 2.62. The van der Waals surface area contributed by atoms with E-state index in [2.05, 4.69) is 36.3 Å². The van der Waals surface area contributed by atoms with Crippen LogP contribution in [0.5, 0.6) is 5.75 Å². The van der Waals surface area contributed by atoms with E-state index in [1.807, 2.05) is 38.1 Å². The molecule has 0 fully saturated rings. The number of aliphatic imine (C=N–C) groups is 1. The van der Waals surface area contributed by atoms with Crippen molar-refractivity contribution in [3.05, 3.63) is 28.7 Å². The van der Waals surface area contributed by atoms with E-state index in [0.29, 0.717) is 32.1 Å². The van der Waals surface area contributed by atoms with Crippen LogP contribution in [0.2, 0.25) is 0 Å². The van der Waals surface area contributed by atoms with Gasteiger partial charge >= 0.3 is 0 Å². The summed E-state index contributed by atoms with van der Waals surface area (Å²) >= 11 is 3.45. The van der Waals surface area contributed by atoms with Crippen molar-refractivity contribution in [1.29, 1.82) is 0 Å². The molecule has 10 heteroatoms. The molecule has 144 valence electrons. The number of hydrogen-bond acceptors (Lipinski definition) is 4. The van der Waals surface area contributed by atoms with Crippen LogP contribution in [-0.2, 0) is 10.0 Å². The molecule has 0 aliphatic rings. The lowest BCUT2D eigenvalue weighted by molar-refractivity contribution is 0.228. The molecule has 0 heterocycles. The number of hydrogen-bond donors (Lipinski definition) is 3. The van der Waals surface area contributed by atoms with Crippen molar-refractivity contribution in [3.63, 3.8) is 0 Å².